The average molecular weight is 521 g/mol. The molecule has 0 aromatic heterocycles. The molecule has 0 spiro atoms. The van der Waals surface area contributed by atoms with Crippen molar-refractivity contribution in [3.05, 3.63) is 0 Å². The van der Waals surface area contributed by atoms with E-state index in [1.54, 1.807) is 6.26 Å². The fraction of sp³-hybridized carbons (Fsp3) is 0.714. The zero-order valence-electron chi connectivity index (χ0n) is 20.1. The van der Waals surface area contributed by atoms with Gasteiger partial charge in [0.2, 0.25) is 17.7 Å². The van der Waals surface area contributed by atoms with Crippen LogP contribution in [0.3, 0.4) is 0 Å². The highest BCUT2D eigenvalue weighted by atomic mass is 32.2. The zero-order valence-corrected chi connectivity index (χ0v) is 20.9. The first-order chi connectivity index (χ1) is 16.3. The van der Waals surface area contributed by atoms with Gasteiger partial charge in [0.1, 0.15) is 18.1 Å². The van der Waals surface area contributed by atoms with Crippen molar-refractivity contribution in [2.75, 3.05) is 12.0 Å². The minimum absolute atomic E-state index is 0.102. The van der Waals surface area contributed by atoms with Crippen LogP contribution in [-0.4, -0.2) is 87.1 Å². The van der Waals surface area contributed by atoms with Crippen LogP contribution in [0.4, 0.5) is 0 Å². The average Bonchev–Trinajstić information content (AvgIpc) is 2.75. The maximum absolute atomic E-state index is 12.9. The van der Waals surface area contributed by atoms with Crippen LogP contribution in [0.15, 0.2) is 0 Å². The Kier molecular flexibility index (Phi) is 15.3. The predicted octanol–water partition coefficient (Wildman–Crippen LogP) is -0.618. The number of hydrogen-bond donors (Lipinski definition) is 7. The summed E-state index contributed by atoms with van der Waals surface area (Å²) in [6.07, 6.45) is 0.671. The number of thioether (sulfide) groups is 1. The highest BCUT2D eigenvalue weighted by Crippen LogP contribution is 2.08. The number of carbonyl (C=O) groups is 6. The number of aliphatic carboxylic acids is 3. The summed E-state index contributed by atoms with van der Waals surface area (Å²) >= 11 is 1.37. The van der Waals surface area contributed by atoms with E-state index in [4.69, 9.17) is 15.9 Å². The summed E-state index contributed by atoms with van der Waals surface area (Å²) in [6.45, 7) is 3.72. The molecule has 4 atom stereocenters. The van der Waals surface area contributed by atoms with Gasteiger partial charge in [-0.25, -0.2) is 4.79 Å². The molecule has 0 radical (unpaired) electrons. The molecular weight excluding hydrogens is 484 g/mol. The van der Waals surface area contributed by atoms with Gasteiger partial charge < -0.3 is 37.0 Å². The van der Waals surface area contributed by atoms with Gasteiger partial charge in [-0.15, -0.1) is 0 Å². The van der Waals surface area contributed by atoms with E-state index in [-0.39, 0.29) is 25.2 Å². The number of carboxylic acids is 3. The fourth-order valence-electron chi connectivity index (χ4n) is 3.00. The molecule has 0 saturated heterocycles. The number of nitrogens with two attached hydrogens (primary N) is 1. The van der Waals surface area contributed by atoms with Crippen LogP contribution in [0, 0.1) is 5.92 Å². The van der Waals surface area contributed by atoms with E-state index < -0.39 is 72.6 Å². The van der Waals surface area contributed by atoms with Gasteiger partial charge in [-0.1, -0.05) is 13.8 Å². The first kappa shape index (κ1) is 32.1. The van der Waals surface area contributed by atoms with Crippen molar-refractivity contribution in [3.63, 3.8) is 0 Å². The van der Waals surface area contributed by atoms with E-state index in [9.17, 15) is 33.9 Å². The first-order valence-electron chi connectivity index (χ1n) is 11.1. The Morgan fingerprint density at radius 3 is 1.60 bits per heavy atom. The number of rotatable bonds is 18. The molecule has 0 heterocycles. The van der Waals surface area contributed by atoms with Gasteiger partial charge in [-0.05, 0) is 43.6 Å². The summed E-state index contributed by atoms with van der Waals surface area (Å²) in [4.78, 5) is 71.3. The number of hydrogen-bond acceptors (Lipinski definition) is 8. The SMILES string of the molecule is CSCCC(NC(=O)C(CCC(=O)O)NC(=O)C(N)CC(C)C)C(=O)NC(CCC(=O)O)C(=O)O. The highest BCUT2D eigenvalue weighted by molar-refractivity contribution is 7.98. The Morgan fingerprint density at radius 1 is 0.743 bits per heavy atom. The highest BCUT2D eigenvalue weighted by Gasteiger charge is 2.30. The van der Waals surface area contributed by atoms with E-state index in [0.717, 1.165) is 0 Å². The smallest absolute Gasteiger partial charge is 0.326 e. The molecule has 0 bridgehead atoms. The fourth-order valence-corrected chi connectivity index (χ4v) is 3.48. The minimum atomic E-state index is -1.48. The molecule has 14 heteroatoms. The molecule has 13 nitrogen and oxygen atoms in total. The minimum Gasteiger partial charge on any atom is -0.481 e. The van der Waals surface area contributed by atoms with Crippen LogP contribution in [-0.2, 0) is 28.8 Å². The Balaban J connectivity index is 5.52. The summed E-state index contributed by atoms with van der Waals surface area (Å²) in [7, 11) is 0. The maximum atomic E-state index is 12.9. The van der Waals surface area contributed by atoms with Crippen LogP contribution in [0.5, 0.6) is 0 Å². The summed E-state index contributed by atoms with van der Waals surface area (Å²) in [6, 6.07) is -4.89. The second kappa shape index (κ2) is 16.7. The van der Waals surface area contributed by atoms with Crippen molar-refractivity contribution >= 4 is 47.4 Å². The van der Waals surface area contributed by atoms with Crippen LogP contribution in [0.1, 0.15) is 52.4 Å². The van der Waals surface area contributed by atoms with Gasteiger partial charge in [-0.2, -0.15) is 11.8 Å². The van der Waals surface area contributed by atoms with Gasteiger partial charge in [-0.3, -0.25) is 24.0 Å². The molecule has 0 saturated carbocycles. The molecule has 200 valence electrons. The second-order valence-electron chi connectivity index (χ2n) is 8.40. The molecule has 3 amide bonds. The van der Waals surface area contributed by atoms with Crippen LogP contribution in [0.2, 0.25) is 0 Å². The van der Waals surface area contributed by atoms with E-state index in [1.165, 1.54) is 11.8 Å². The standard InChI is InChI=1S/C21H36N4O9S/c1-11(2)10-12(22)18(30)23-13(4-6-16(26)27)19(31)24-14(8-9-35-3)20(32)25-15(21(33)34)5-7-17(28)29/h11-15H,4-10,22H2,1-3H3,(H,23,30)(H,24,31)(H,25,32)(H,26,27)(H,28,29)(H,33,34). The molecule has 0 aromatic carbocycles. The van der Waals surface area contributed by atoms with E-state index in [1.807, 2.05) is 13.8 Å². The van der Waals surface area contributed by atoms with Gasteiger partial charge >= 0.3 is 17.9 Å². The molecule has 0 aliphatic carbocycles. The Hall–Kier alpha value is -2.87. The molecule has 35 heavy (non-hydrogen) atoms. The largest absolute Gasteiger partial charge is 0.481 e. The lowest BCUT2D eigenvalue weighted by Gasteiger charge is -2.25. The lowest BCUT2D eigenvalue weighted by Crippen LogP contribution is -2.57. The lowest BCUT2D eigenvalue weighted by atomic mass is 10.0. The third kappa shape index (κ3) is 14.2. The van der Waals surface area contributed by atoms with E-state index in [2.05, 4.69) is 16.0 Å². The lowest BCUT2D eigenvalue weighted by molar-refractivity contribution is -0.143. The van der Waals surface area contributed by atoms with Gasteiger partial charge in [0.25, 0.3) is 0 Å². The van der Waals surface area contributed by atoms with Gasteiger partial charge in [0.05, 0.1) is 6.04 Å². The van der Waals surface area contributed by atoms with E-state index >= 15 is 0 Å². The van der Waals surface area contributed by atoms with E-state index in [0.29, 0.717) is 12.2 Å². The second-order valence-corrected chi connectivity index (χ2v) is 9.39. The van der Waals surface area contributed by atoms with Crippen molar-refractivity contribution in [3.8, 4) is 0 Å². The van der Waals surface area contributed by atoms with Crippen molar-refractivity contribution in [1.29, 1.82) is 0 Å². The summed E-state index contributed by atoms with van der Waals surface area (Å²) in [5, 5.41) is 34.2. The monoisotopic (exact) mass is 520 g/mol. The van der Waals surface area contributed by atoms with Gasteiger partial charge in [0.15, 0.2) is 0 Å². The predicted molar refractivity (Wildman–Crippen MR) is 128 cm³/mol. The molecular formula is C21H36N4O9S. The quantitative estimate of drug-likeness (QED) is 0.120. The number of amides is 3. The number of carboxylic acid groups (broad SMARTS) is 3. The normalized spacial score (nSPS) is 14.3. The zero-order chi connectivity index (χ0) is 27.1. The van der Waals surface area contributed by atoms with Crippen LogP contribution < -0.4 is 21.7 Å². The summed E-state index contributed by atoms with van der Waals surface area (Å²) < 4.78 is 0. The van der Waals surface area contributed by atoms with Crippen LogP contribution in [0.25, 0.3) is 0 Å². The summed E-state index contributed by atoms with van der Waals surface area (Å²) in [5.74, 6) is -5.65. The maximum Gasteiger partial charge on any atom is 0.326 e. The third-order valence-corrected chi connectivity index (χ3v) is 5.49. The summed E-state index contributed by atoms with van der Waals surface area (Å²) in [5.41, 5.74) is 5.85. The third-order valence-electron chi connectivity index (χ3n) is 4.85. The topological polar surface area (TPSA) is 225 Å². The molecule has 0 aromatic rings. The number of nitrogens with one attached hydrogen (secondary N) is 3. The molecule has 8 N–H and O–H groups in total. The Labute approximate surface area is 208 Å². The first-order valence-corrected chi connectivity index (χ1v) is 12.5. The molecule has 0 aliphatic rings. The van der Waals surface area contributed by atoms with Crippen molar-refractivity contribution < 1.29 is 44.1 Å². The van der Waals surface area contributed by atoms with Crippen molar-refractivity contribution in [1.82, 2.24) is 16.0 Å². The van der Waals surface area contributed by atoms with Crippen molar-refractivity contribution in [2.24, 2.45) is 11.7 Å². The molecule has 0 aliphatic heterocycles. The van der Waals surface area contributed by atoms with Crippen molar-refractivity contribution in [2.45, 2.75) is 76.5 Å². The van der Waals surface area contributed by atoms with Gasteiger partial charge in [0, 0.05) is 12.8 Å². The molecule has 0 rings (SSSR count). The Morgan fingerprint density at radius 2 is 1.17 bits per heavy atom. The number of carbonyl (C=O) groups excluding carboxylic acids is 3. The Bertz CT molecular complexity index is 763. The molecule has 0 fully saturated rings. The van der Waals surface area contributed by atoms with Crippen LogP contribution >= 0.6 is 11.8 Å². The molecule has 4 unspecified atom stereocenters.